The number of benzene rings is 2. The number of carbonyl (C=O) groups is 4. The van der Waals surface area contributed by atoms with Gasteiger partial charge in [-0.05, 0) is 55.3 Å². The minimum absolute atomic E-state index is 0.0983. The molecule has 1 atom stereocenters. The first-order valence-electron chi connectivity index (χ1n) is 9.89. The molecule has 0 N–H and O–H groups in total. The second kappa shape index (κ2) is 7.74. The van der Waals surface area contributed by atoms with Crippen LogP contribution in [0.15, 0.2) is 42.5 Å². The Morgan fingerprint density at radius 1 is 0.933 bits per heavy atom. The van der Waals surface area contributed by atoms with Gasteiger partial charge in [0.05, 0.1) is 11.6 Å². The molecule has 3 amide bonds. The number of ether oxygens (including phenoxy) is 1. The second-order valence-corrected chi connectivity index (χ2v) is 7.66. The average molecular weight is 406 g/mol. The molecule has 7 nitrogen and oxygen atoms in total. The highest BCUT2D eigenvalue weighted by Gasteiger charge is 2.37. The van der Waals surface area contributed by atoms with E-state index in [-0.39, 0.29) is 43.5 Å². The fourth-order valence-electron chi connectivity index (χ4n) is 3.85. The van der Waals surface area contributed by atoms with Crippen molar-refractivity contribution >= 4 is 35.1 Å². The quantitative estimate of drug-likeness (QED) is 0.443. The van der Waals surface area contributed by atoms with E-state index in [1.165, 1.54) is 0 Å². The number of aryl methyl sites for hydroxylation is 1. The summed E-state index contributed by atoms with van der Waals surface area (Å²) < 4.78 is 5.45. The molecule has 0 aromatic heterocycles. The number of nitrogens with zero attached hydrogens (tertiary/aromatic N) is 2. The third-order valence-electron chi connectivity index (χ3n) is 5.69. The van der Waals surface area contributed by atoms with Gasteiger partial charge in [-0.25, -0.2) is 0 Å². The third kappa shape index (κ3) is 3.58. The molecule has 2 aromatic rings. The van der Waals surface area contributed by atoms with Crippen LogP contribution in [0.25, 0.3) is 0 Å². The maximum atomic E-state index is 12.6. The van der Waals surface area contributed by atoms with Gasteiger partial charge in [0.15, 0.2) is 0 Å². The highest BCUT2D eigenvalue weighted by molar-refractivity contribution is 6.19. The lowest BCUT2D eigenvalue weighted by atomic mass is 10.1. The molecule has 0 bridgehead atoms. The molecule has 0 aliphatic carbocycles. The standard InChI is InChI=1S/C23H22N2O5/c1-14-4-3-5-19(15(14)2)24-13-16(12-22(24)28)23(29)30-18-8-6-17(7-9-18)25-20(26)10-11-21(25)27/h3-9,16H,10-13H2,1-2H3/t16-/m0/s1. The fourth-order valence-corrected chi connectivity index (χ4v) is 3.85. The summed E-state index contributed by atoms with van der Waals surface area (Å²) in [7, 11) is 0. The van der Waals surface area contributed by atoms with Gasteiger partial charge in [0.25, 0.3) is 0 Å². The van der Waals surface area contributed by atoms with E-state index in [2.05, 4.69) is 0 Å². The van der Waals surface area contributed by atoms with Crippen LogP contribution < -0.4 is 14.5 Å². The van der Waals surface area contributed by atoms with Crippen LogP contribution in [0.3, 0.4) is 0 Å². The number of hydrogen-bond acceptors (Lipinski definition) is 5. The van der Waals surface area contributed by atoms with E-state index in [0.29, 0.717) is 11.4 Å². The van der Waals surface area contributed by atoms with E-state index in [9.17, 15) is 19.2 Å². The zero-order valence-electron chi connectivity index (χ0n) is 16.9. The monoisotopic (exact) mass is 406 g/mol. The summed E-state index contributed by atoms with van der Waals surface area (Å²) in [4.78, 5) is 51.6. The van der Waals surface area contributed by atoms with Gasteiger partial charge in [-0.1, -0.05) is 12.1 Å². The smallest absolute Gasteiger partial charge is 0.316 e. The summed E-state index contributed by atoms with van der Waals surface area (Å²) in [6.07, 6.45) is 0.519. The molecule has 2 aromatic carbocycles. The molecular weight excluding hydrogens is 384 g/mol. The minimum Gasteiger partial charge on any atom is -0.426 e. The first kappa shape index (κ1) is 19.8. The predicted molar refractivity (Wildman–Crippen MR) is 110 cm³/mol. The van der Waals surface area contributed by atoms with Crippen molar-refractivity contribution in [2.45, 2.75) is 33.1 Å². The summed E-state index contributed by atoms with van der Waals surface area (Å²) in [6.45, 7) is 4.22. The molecule has 0 spiro atoms. The molecule has 30 heavy (non-hydrogen) atoms. The zero-order chi connectivity index (χ0) is 21.4. The van der Waals surface area contributed by atoms with Crippen molar-refractivity contribution in [2.75, 3.05) is 16.3 Å². The van der Waals surface area contributed by atoms with Crippen molar-refractivity contribution < 1.29 is 23.9 Å². The number of anilines is 2. The molecule has 2 saturated heterocycles. The van der Waals surface area contributed by atoms with Crippen molar-refractivity contribution in [3.8, 4) is 5.75 Å². The SMILES string of the molecule is Cc1cccc(N2C[C@@H](C(=O)Oc3ccc(N4C(=O)CCC4=O)cc3)CC2=O)c1C. The van der Waals surface area contributed by atoms with Crippen LogP contribution in [-0.4, -0.2) is 30.2 Å². The Kier molecular flexibility index (Phi) is 5.11. The van der Waals surface area contributed by atoms with Crippen LogP contribution in [-0.2, 0) is 19.2 Å². The van der Waals surface area contributed by atoms with Gasteiger partial charge in [-0.2, -0.15) is 0 Å². The average Bonchev–Trinajstić information content (AvgIpc) is 3.27. The summed E-state index contributed by atoms with van der Waals surface area (Å²) in [5, 5.41) is 0. The van der Waals surface area contributed by atoms with Gasteiger partial charge in [0.1, 0.15) is 5.75 Å². The van der Waals surface area contributed by atoms with Crippen molar-refractivity contribution in [3.05, 3.63) is 53.6 Å². The lowest BCUT2D eigenvalue weighted by Crippen LogP contribution is -2.28. The van der Waals surface area contributed by atoms with Gasteiger partial charge in [-0.15, -0.1) is 0 Å². The van der Waals surface area contributed by atoms with E-state index >= 15 is 0 Å². The van der Waals surface area contributed by atoms with Crippen molar-refractivity contribution in [1.82, 2.24) is 0 Å². The fraction of sp³-hybridized carbons (Fsp3) is 0.304. The molecule has 154 valence electrons. The molecule has 7 heteroatoms. The highest BCUT2D eigenvalue weighted by Crippen LogP contribution is 2.31. The van der Waals surface area contributed by atoms with Gasteiger partial charge in [-0.3, -0.25) is 24.1 Å². The molecule has 0 saturated carbocycles. The van der Waals surface area contributed by atoms with E-state index in [1.807, 2.05) is 32.0 Å². The first-order chi connectivity index (χ1) is 14.3. The van der Waals surface area contributed by atoms with Crippen LogP contribution in [0.5, 0.6) is 5.75 Å². The van der Waals surface area contributed by atoms with Gasteiger partial charge in [0, 0.05) is 31.5 Å². The molecule has 2 aliphatic heterocycles. The van der Waals surface area contributed by atoms with Crippen LogP contribution in [0.4, 0.5) is 11.4 Å². The molecule has 2 fully saturated rings. The van der Waals surface area contributed by atoms with E-state index in [1.54, 1.807) is 29.2 Å². The third-order valence-corrected chi connectivity index (χ3v) is 5.69. The van der Waals surface area contributed by atoms with Crippen molar-refractivity contribution in [2.24, 2.45) is 5.92 Å². The minimum atomic E-state index is -0.557. The number of carbonyl (C=O) groups excluding carboxylic acids is 4. The Labute approximate surface area is 174 Å². The Morgan fingerprint density at radius 2 is 1.60 bits per heavy atom. The topological polar surface area (TPSA) is 84.0 Å². The zero-order valence-corrected chi connectivity index (χ0v) is 16.9. The molecule has 0 unspecified atom stereocenters. The van der Waals surface area contributed by atoms with Crippen LogP contribution in [0.2, 0.25) is 0 Å². The number of hydrogen-bond donors (Lipinski definition) is 0. The van der Waals surface area contributed by atoms with Crippen molar-refractivity contribution in [3.63, 3.8) is 0 Å². The van der Waals surface area contributed by atoms with E-state index in [0.717, 1.165) is 21.7 Å². The summed E-state index contributed by atoms with van der Waals surface area (Å²) in [5.41, 5.74) is 3.38. The maximum Gasteiger partial charge on any atom is 0.316 e. The Bertz CT molecular complexity index is 1030. The van der Waals surface area contributed by atoms with Gasteiger partial charge < -0.3 is 9.64 Å². The Hall–Kier alpha value is -3.48. The predicted octanol–water partition coefficient (Wildman–Crippen LogP) is 2.92. The molecule has 4 rings (SSSR count). The summed E-state index contributed by atoms with van der Waals surface area (Å²) in [5.74, 6) is -1.30. The lowest BCUT2D eigenvalue weighted by Gasteiger charge is -2.20. The Morgan fingerprint density at radius 3 is 2.27 bits per heavy atom. The number of imide groups is 1. The molecular formula is C23H22N2O5. The van der Waals surface area contributed by atoms with Gasteiger partial charge in [0.2, 0.25) is 17.7 Å². The number of rotatable bonds is 4. The normalized spacial score (nSPS) is 19.0. The van der Waals surface area contributed by atoms with Crippen LogP contribution in [0, 0.1) is 19.8 Å². The van der Waals surface area contributed by atoms with Crippen LogP contribution in [0.1, 0.15) is 30.4 Å². The highest BCUT2D eigenvalue weighted by atomic mass is 16.5. The molecule has 0 radical (unpaired) electrons. The first-order valence-corrected chi connectivity index (χ1v) is 9.89. The van der Waals surface area contributed by atoms with Gasteiger partial charge >= 0.3 is 5.97 Å². The second-order valence-electron chi connectivity index (χ2n) is 7.66. The van der Waals surface area contributed by atoms with E-state index < -0.39 is 11.9 Å². The number of esters is 1. The van der Waals surface area contributed by atoms with Crippen LogP contribution >= 0.6 is 0 Å². The summed E-state index contributed by atoms with van der Waals surface area (Å²) in [6, 6.07) is 12.0. The summed E-state index contributed by atoms with van der Waals surface area (Å²) >= 11 is 0. The molecule has 2 heterocycles. The van der Waals surface area contributed by atoms with Crippen molar-refractivity contribution in [1.29, 1.82) is 0 Å². The maximum absolute atomic E-state index is 12.6. The lowest BCUT2D eigenvalue weighted by molar-refractivity contribution is -0.139. The largest absolute Gasteiger partial charge is 0.426 e. The van der Waals surface area contributed by atoms with E-state index in [4.69, 9.17) is 4.74 Å². The number of amides is 3. The molecule has 2 aliphatic rings. The Balaban J connectivity index is 1.43.